The van der Waals surface area contributed by atoms with Crippen LogP contribution in [0.15, 0.2) is 24.5 Å². The quantitative estimate of drug-likeness (QED) is 0.860. The fraction of sp³-hybridized carbons (Fsp3) is 0.538. The van der Waals surface area contributed by atoms with Crippen molar-refractivity contribution in [1.82, 2.24) is 15.2 Å². The van der Waals surface area contributed by atoms with E-state index in [0.29, 0.717) is 13.0 Å². The molecule has 1 saturated heterocycles. The number of nitrogens with one attached hydrogen (secondary N) is 1. The Morgan fingerprint density at radius 3 is 2.89 bits per heavy atom. The second-order valence-electron chi connectivity index (χ2n) is 4.66. The van der Waals surface area contributed by atoms with Crippen LogP contribution in [0, 0.1) is 0 Å². The van der Waals surface area contributed by atoms with Crippen LogP contribution in [0.1, 0.15) is 12.0 Å². The topological polar surface area (TPSA) is 45.2 Å². The molecule has 1 aliphatic heterocycles. The highest BCUT2D eigenvalue weighted by atomic mass is 19.1. The Balaban J connectivity index is 1.81. The number of carbonyl (C=O) groups excluding carboxylic acids is 1. The van der Waals surface area contributed by atoms with E-state index in [1.54, 1.807) is 24.3 Å². The van der Waals surface area contributed by atoms with Gasteiger partial charge in [-0.2, -0.15) is 0 Å². The normalized spacial score (nSPS) is 23.0. The minimum atomic E-state index is -0.896. The van der Waals surface area contributed by atoms with Crippen molar-refractivity contribution in [2.45, 2.75) is 25.1 Å². The largest absolute Gasteiger partial charge is 0.344 e. The molecule has 2 atom stereocenters. The minimum Gasteiger partial charge on any atom is -0.344 e. The van der Waals surface area contributed by atoms with Crippen LogP contribution < -0.4 is 5.32 Å². The summed E-state index contributed by atoms with van der Waals surface area (Å²) in [6, 6.07) is 3.51. The lowest BCUT2D eigenvalue weighted by Crippen LogP contribution is -2.42. The number of amides is 1. The van der Waals surface area contributed by atoms with Gasteiger partial charge >= 0.3 is 0 Å². The van der Waals surface area contributed by atoms with Crippen LogP contribution in [0.2, 0.25) is 0 Å². The van der Waals surface area contributed by atoms with Gasteiger partial charge < -0.3 is 10.2 Å². The molecule has 0 radical (unpaired) electrons. The van der Waals surface area contributed by atoms with Crippen LogP contribution in [0.25, 0.3) is 0 Å². The van der Waals surface area contributed by atoms with E-state index < -0.39 is 6.17 Å². The number of carbonyl (C=O) groups is 1. The Morgan fingerprint density at radius 1 is 1.56 bits per heavy atom. The van der Waals surface area contributed by atoms with Crippen LogP contribution in [0.5, 0.6) is 0 Å². The van der Waals surface area contributed by atoms with Gasteiger partial charge in [0.2, 0.25) is 5.91 Å². The predicted octanol–water partition coefficient (Wildman–Crippen LogP) is 0.782. The Labute approximate surface area is 106 Å². The van der Waals surface area contributed by atoms with E-state index in [-0.39, 0.29) is 18.5 Å². The summed E-state index contributed by atoms with van der Waals surface area (Å²) in [5.74, 6) is -0.0239. The third-order valence-electron chi connectivity index (χ3n) is 3.24. The molecule has 0 aromatic carbocycles. The van der Waals surface area contributed by atoms with Crippen LogP contribution in [-0.4, -0.2) is 48.1 Å². The van der Waals surface area contributed by atoms with Crippen molar-refractivity contribution in [3.05, 3.63) is 30.1 Å². The van der Waals surface area contributed by atoms with Crippen LogP contribution in [0.4, 0.5) is 4.39 Å². The molecule has 1 fully saturated rings. The van der Waals surface area contributed by atoms with Crippen molar-refractivity contribution in [3.63, 3.8) is 0 Å². The van der Waals surface area contributed by atoms with Gasteiger partial charge in [0.15, 0.2) is 0 Å². The lowest BCUT2D eigenvalue weighted by molar-refractivity contribution is -0.131. The molecule has 0 saturated carbocycles. The van der Waals surface area contributed by atoms with E-state index in [9.17, 15) is 9.18 Å². The summed E-state index contributed by atoms with van der Waals surface area (Å²) in [5.41, 5.74) is 1.15. The van der Waals surface area contributed by atoms with Crippen LogP contribution in [0.3, 0.4) is 0 Å². The summed E-state index contributed by atoms with van der Waals surface area (Å²) < 4.78 is 13.0. The molecule has 5 heteroatoms. The van der Waals surface area contributed by atoms with Gasteiger partial charge in [-0.15, -0.1) is 0 Å². The third-order valence-corrected chi connectivity index (χ3v) is 3.24. The first-order valence-corrected chi connectivity index (χ1v) is 6.18. The molecular formula is C13H18FN3O. The summed E-state index contributed by atoms with van der Waals surface area (Å²) in [6.45, 7) is 0.923. The van der Waals surface area contributed by atoms with E-state index in [0.717, 1.165) is 12.0 Å². The Kier molecular flexibility index (Phi) is 4.25. The number of rotatable bonds is 4. The molecule has 1 aromatic rings. The van der Waals surface area contributed by atoms with Gasteiger partial charge in [-0.05, 0) is 24.1 Å². The first kappa shape index (κ1) is 13.0. The zero-order chi connectivity index (χ0) is 13.0. The monoisotopic (exact) mass is 251 g/mol. The summed E-state index contributed by atoms with van der Waals surface area (Å²) in [4.78, 5) is 17.6. The molecule has 2 rings (SSSR count). The van der Waals surface area contributed by atoms with E-state index in [2.05, 4.69) is 10.3 Å². The fourth-order valence-corrected chi connectivity index (χ4v) is 2.10. The van der Waals surface area contributed by atoms with Crippen molar-refractivity contribution < 1.29 is 9.18 Å². The Morgan fingerprint density at radius 2 is 2.28 bits per heavy atom. The zero-order valence-corrected chi connectivity index (χ0v) is 10.5. The smallest absolute Gasteiger partial charge is 0.239 e. The van der Waals surface area contributed by atoms with Gasteiger partial charge in [-0.3, -0.25) is 9.78 Å². The second kappa shape index (κ2) is 5.91. The molecule has 98 valence electrons. The minimum absolute atomic E-state index is 0.0239. The highest BCUT2D eigenvalue weighted by Gasteiger charge is 2.30. The van der Waals surface area contributed by atoms with E-state index in [4.69, 9.17) is 0 Å². The lowest BCUT2D eigenvalue weighted by Gasteiger charge is -2.21. The highest BCUT2D eigenvalue weighted by molar-refractivity contribution is 5.82. The molecule has 0 spiro atoms. The first-order valence-electron chi connectivity index (χ1n) is 6.18. The van der Waals surface area contributed by atoms with Gasteiger partial charge in [0, 0.05) is 39.0 Å². The maximum Gasteiger partial charge on any atom is 0.239 e. The number of pyridine rings is 1. The van der Waals surface area contributed by atoms with Gasteiger partial charge in [0.05, 0.1) is 6.04 Å². The van der Waals surface area contributed by atoms with E-state index in [1.165, 1.54) is 0 Å². The van der Waals surface area contributed by atoms with Crippen molar-refractivity contribution in [3.8, 4) is 0 Å². The van der Waals surface area contributed by atoms with Crippen molar-refractivity contribution in [1.29, 1.82) is 0 Å². The zero-order valence-electron chi connectivity index (χ0n) is 10.5. The average Bonchev–Trinajstić information content (AvgIpc) is 2.83. The van der Waals surface area contributed by atoms with Gasteiger partial charge in [0.1, 0.15) is 6.17 Å². The Hall–Kier alpha value is -1.49. The average molecular weight is 251 g/mol. The summed E-state index contributed by atoms with van der Waals surface area (Å²) >= 11 is 0. The standard InChI is InChI=1S/C13H18FN3O/c1-17(7-4-10-2-5-15-6-3-10)13(18)12-8-11(14)9-16-12/h2-3,5-6,11-12,16H,4,7-9H2,1H3/t11-,12+/m0/s1. The Bertz CT molecular complexity index is 398. The van der Waals surface area contributed by atoms with E-state index >= 15 is 0 Å². The van der Waals surface area contributed by atoms with Crippen molar-refractivity contribution in [2.75, 3.05) is 20.1 Å². The maximum absolute atomic E-state index is 13.0. The number of halogens is 1. The molecule has 1 N–H and O–H groups in total. The number of aromatic nitrogens is 1. The van der Waals surface area contributed by atoms with Gasteiger partial charge in [0.25, 0.3) is 0 Å². The molecule has 0 bridgehead atoms. The SMILES string of the molecule is CN(CCc1ccncc1)C(=O)[C@H]1C[C@H](F)CN1. The predicted molar refractivity (Wildman–Crippen MR) is 66.9 cm³/mol. The second-order valence-corrected chi connectivity index (χ2v) is 4.66. The van der Waals surface area contributed by atoms with Gasteiger partial charge in [-0.25, -0.2) is 4.39 Å². The summed E-state index contributed by atoms with van der Waals surface area (Å²) in [5, 5.41) is 2.91. The highest BCUT2D eigenvalue weighted by Crippen LogP contribution is 2.12. The van der Waals surface area contributed by atoms with Crippen molar-refractivity contribution in [2.24, 2.45) is 0 Å². The molecule has 1 aromatic heterocycles. The lowest BCUT2D eigenvalue weighted by atomic mass is 10.1. The number of likely N-dealkylation sites (N-methyl/N-ethyl adjacent to an activating group) is 1. The first-order chi connectivity index (χ1) is 8.66. The van der Waals surface area contributed by atoms with Crippen LogP contribution in [-0.2, 0) is 11.2 Å². The number of nitrogens with zero attached hydrogens (tertiary/aromatic N) is 2. The number of hydrogen-bond acceptors (Lipinski definition) is 3. The molecule has 2 heterocycles. The summed E-state index contributed by atoms with van der Waals surface area (Å²) in [7, 11) is 1.76. The molecule has 1 amide bonds. The molecule has 0 aliphatic carbocycles. The molecule has 4 nitrogen and oxygen atoms in total. The number of alkyl halides is 1. The molecular weight excluding hydrogens is 233 g/mol. The number of hydrogen-bond donors (Lipinski definition) is 1. The molecule has 0 unspecified atom stereocenters. The summed E-state index contributed by atoms with van der Waals surface area (Å²) in [6.07, 6.45) is 3.66. The molecule has 18 heavy (non-hydrogen) atoms. The van der Waals surface area contributed by atoms with Crippen molar-refractivity contribution >= 4 is 5.91 Å². The third kappa shape index (κ3) is 3.26. The van der Waals surface area contributed by atoms with Crippen LogP contribution >= 0.6 is 0 Å². The fourth-order valence-electron chi connectivity index (χ4n) is 2.10. The van der Waals surface area contributed by atoms with Gasteiger partial charge in [-0.1, -0.05) is 0 Å². The van der Waals surface area contributed by atoms with E-state index in [1.807, 2.05) is 12.1 Å². The maximum atomic E-state index is 13.0. The molecule has 1 aliphatic rings.